The van der Waals surface area contributed by atoms with E-state index in [9.17, 15) is 0 Å². The monoisotopic (exact) mass is 309 g/mol. The molecule has 16 heavy (non-hydrogen) atoms. The van der Waals surface area contributed by atoms with Crippen LogP contribution in [-0.2, 0) is 0 Å². The summed E-state index contributed by atoms with van der Waals surface area (Å²) in [5.41, 5.74) is 0. The molecular weight excluding hydrogens is 281 g/mol. The van der Waals surface area contributed by atoms with E-state index >= 15 is 0 Å². The number of rotatable bonds is 2. The summed E-state index contributed by atoms with van der Waals surface area (Å²) in [6.07, 6.45) is 0. The molecule has 0 aliphatic heterocycles. The highest BCUT2D eigenvalue weighted by Gasteiger charge is 2.02. The van der Waals surface area contributed by atoms with Gasteiger partial charge in [-0.05, 0) is 0 Å². The molecule has 0 spiro atoms. The van der Waals surface area contributed by atoms with Crippen molar-refractivity contribution in [3.05, 3.63) is 0 Å². The number of aliphatic hydroxyl groups excluding tert-OH is 1. The summed E-state index contributed by atoms with van der Waals surface area (Å²) in [5, 5.41) is 8.39. The molecule has 0 aliphatic carbocycles. The van der Waals surface area contributed by atoms with E-state index in [1.807, 2.05) is 0 Å². The van der Waals surface area contributed by atoms with E-state index < -0.39 is 0 Å². The van der Waals surface area contributed by atoms with Crippen LogP contribution in [0.4, 0.5) is 0 Å². The molecule has 0 heterocycles. The minimum absolute atomic E-state index is 0. The molecule has 0 aromatic rings. The van der Waals surface area contributed by atoms with Gasteiger partial charge in [-0.1, -0.05) is 0 Å². The fourth-order valence-corrected chi connectivity index (χ4v) is 0.300. The number of hydrogen-bond donors (Lipinski definition) is 1. The van der Waals surface area contributed by atoms with Crippen LogP contribution in [0.1, 0.15) is 0 Å². The summed E-state index contributed by atoms with van der Waals surface area (Å²) in [6, 6.07) is 0. The smallest absolute Gasteiger partial charge is 0.316 e. The molecule has 11 heteroatoms. The lowest BCUT2D eigenvalue weighted by Crippen LogP contribution is -3.00. The third-order valence-electron chi connectivity index (χ3n) is 0.771. The average molecular weight is 310 g/mol. The molecule has 0 unspecified atom stereocenters. The highest BCUT2D eigenvalue weighted by molar-refractivity contribution is 5.85. The van der Waals surface area contributed by atoms with Crippen LogP contribution in [0.25, 0.3) is 0 Å². The fraction of sp³-hybridized carbons (Fsp3) is 1.00. The Balaban J connectivity index is -0.00000000500. The molecule has 0 amide bonds. The predicted molar refractivity (Wildman–Crippen MR) is 67.5 cm³/mol. The molecule has 0 aliphatic rings. The maximum atomic E-state index is 8.39. The Morgan fingerprint density at radius 1 is 0.812 bits per heavy atom. The van der Waals surface area contributed by atoms with E-state index in [-0.39, 0.29) is 87.3 Å². The molecule has 0 rings (SSSR count). The Labute approximate surface area is 124 Å². The zero-order chi connectivity index (χ0) is 5.91. The lowest BCUT2D eigenvalue weighted by Gasteiger charge is -2.21. The Hall–Kier alpha value is 1.03. The van der Waals surface area contributed by atoms with Crippen molar-refractivity contribution in [2.75, 3.05) is 34.3 Å². The second-order valence-electron chi connectivity index (χ2n) is 2.74. The van der Waals surface area contributed by atoms with Crippen molar-refractivity contribution in [3.8, 4) is 0 Å². The number of aliphatic hydroxyl groups is 1. The molecule has 0 aromatic heterocycles. The quantitative estimate of drug-likeness (QED) is 0.382. The van der Waals surface area contributed by atoms with Crippen molar-refractivity contribution < 1.29 is 54.9 Å². The molecule has 0 saturated heterocycles. The first-order chi connectivity index (χ1) is 3.06. The molecule has 0 radical (unpaired) electrons. The zero-order valence-corrected chi connectivity index (χ0v) is 10.7. The predicted octanol–water partition coefficient (Wildman–Crippen LogP) is -8.75. The lowest BCUT2D eigenvalue weighted by molar-refractivity contribution is -0.870. The molecule has 0 aromatic carbocycles. The van der Waals surface area contributed by atoms with E-state index in [0.717, 1.165) is 11.0 Å². The number of likely N-dealkylation sites (N-methyl/N-ethyl adjacent to an activating group) is 1. The normalized spacial score (nSPS) is 5.25. The molecule has 13 N–H and O–H groups in total. The summed E-state index contributed by atoms with van der Waals surface area (Å²) in [6.45, 7) is 1.11. The van der Waals surface area contributed by atoms with Crippen molar-refractivity contribution in [2.45, 2.75) is 0 Å². The van der Waals surface area contributed by atoms with Crippen LogP contribution >= 0.6 is 12.4 Å². The Bertz CT molecular complexity index is 69.2. The van der Waals surface area contributed by atoms with Crippen LogP contribution in [0, 0.1) is 0 Å². The van der Waals surface area contributed by atoms with Gasteiger partial charge in [-0.2, -0.15) is 0 Å². The van der Waals surface area contributed by atoms with Gasteiger partial charge < -0.3 is 54.9 Å². The minimum atomic E-state index is 0. The zero-order valence-electron chi connectivity index (χ0n) is 9.09. The Morgan fingerprint density at radius 3 is 1.00 bits per heavy atom. The number of hydrogen-bond acceptors (Lipinski definition) is 1. The number of nitrogens with zero attached hydrogens (tertiary/aromatic N) is 1. The van der Waals surface area contributed by atoms with E-state index in [1.165, 1.54) is 0 Å². The number of halogens is 2. The fourth-order valence-electron chi connectivity index (χ4n) is 0.300. The van der Waals surface area contributed by atoms with E-state index in [1.54, 1.807) is 0 Å². The maximum Gasteiger partial charge on any atom is 0.316 e. The summed E-state index contributed by atoms with van der Waals surface area (Å²) in [5.74, 6) is 0. The van der Waals surface area contributed by atoms with Crippen LogP contribution in [0.3, 0.4) is 0 Å². The molecule has 0 fully saturated rings. The van der Waals surface area contributed by atoms with E-state index in [4.69, 9.17) is 5.11 Å². The first kappa shape index (κ1) is 88.6. The van der Waals surface area contributed by atoms with Crippen LogP contribution in [0.5, 0.6) is 0 Å². The van der Waals surface area contributed by atoms with Crippen molar-refractivity contribution in [1.82, 2.24) is 0 Å². The average Bonchev–Trinajstić information content (AvgIpc) is 1.30. The minimum Gasteiger partial charge on any atom is -1.00 e. The Morgan fingerprint density at radius 2 is 1.00 bits per heavy atom. The van der Waals surface area contributed by atoms with Gasteiger partial charge in [0.25, 0.3) is 0 Å². The van der Waals surface area contributed by atoms with Crippen LogP contribution in [0.15, 0.2) is 0 Å². The van der Waals surface area contributed by atoms with E-state index in [0.29, 0.717) is 0 Å². The van der Waals surface area contributed by atoms with Crippen LogP contribution in [-0.4, -0.2) is 99.8 Å². The second kappa shape index (κ2) is 44.4. The maximum absolute atomic E-state index is 8.39. The van der Waals surface area contributed by atoms with Crippen molar-refractivity contribution in [3.63, 3.8) is 0 Å². The van der Waals surface area contributed by atoms with Crippen LogP contribution in [0.2, 0.25) is 0 Å². The van der Waals surface area contributed by atoms with Gasteiger partial charge in [0, 0.05) is 0 Å². The molecule has 0 atom stereocenters. The first-order valence-electron chi connectivity index (χ1n) is 2.47. The van der Waals surface area contributed by atoms with Crippen LogP contribution < -0.4 is 12.4 Å². The first-order valence-corrected chi connectivity index (χ1v) is 2.47. The molecule has 8 nitrogen and oxygen atoms in total. The SMILES string of the molecule is C[N+](C)(C)CCO.Cl.O.O.O.O.O.O.[Cl-].[MgH2]. The van der Waals surface area contributed by atoms with Crippen molar-refractivity contribution in [2.24, 2.45) is 0 Å². The number of quaternary nitrogens is 1. The van der Waals surface area contributed by atoms with Gasteiger partial charge in [0.15, 0.2) is 0 Å². The lowest BCUT2D eigenvalue weighted by atomic mass is 10.5. The van der Waals surface area contributed by atoms with Gasteiger partial charge in [0.1, 0.15) is 6.54 Å². The summed E-state index contributed by atoms with van der Waals surface area (Å²) >= 11 is 0. The summed E-state index contributed by atoms with van der Waals surface area (Å²) in [4.78, 5) is 0. The summed E-state index contributed by atoms with van der Waals surface area (Å²) in [7, 11) is 6.16. The van der Waals surface area contributed by atoms with Crippen molar-refractivity contribution in [1.29, 1.82) is 0 Å². The molecule has 112 valence electrons. The largest absolute Gasteiger partial charge is 1.00 e. The van der Waals surface area contributed by atoms with Gasteiger partial charge in [-0.25, -0.2) is 0 Å². The van der Waals surface area contributed by atoms with E-state index in [2.05, 4.69) is 21.1 Å². The van der Waals surface area contributed by atoms with Gasteiger partial charge in [0.05, 0.1) is 27.7 Å². The van der Waals surface area contributed by atoms with Gasteiger partial charge in [-0.15, -0.1) is 12.4 Å². The highest BCUT2D eigenvalue weighted by atomic mass is 35.5. The molecular formula is C5H29Cl2MgNO7. The molecule has 0 bridgehead atoms. The topological polar surface area (TPSA) is 209 Å². The standard InChI is InChI=1S/C5H14NO.2ClH.Mg.6H2O.2H/c1-6(2,3)4-5-7;;;;;;;;;;;/h7H,4-5H2,1-3H3;2*1H;;6*1H2;;/q+1;;;;;;;;;;;/p-1. The third-order valence-corrected chi connectivity index (χ3v) is 0.771. The third kappa shape index (κ3) is 117. The highest BCUT2D eigenvalue weighted by Crippen LogP contribution is 1.84. The Kier molecular flexibility index (Phi) is 246. The van der Waals surface area contributed by atoms with Crippen molar-refractivity contribution >= 4 is 35.5 Å². The molecule has 0 saturated carbocycles. The second-order valence-corrected chi connectivity index (χ2v) is 2.74. The van der Waals surface area contributed by atoms with Gasteiger partial charge in [-0.3, -0.25) is 0 Å². The van der Waals surface area contributed by atoms with Gasteiger partial charge >= 0.3 is 23.1 Å². The summed E-state index contributed by atoms with van der Waals surface area (Å²) < 4.78 is 0.844. The van der Waals surface area contributed by atoms with Gasteiger partial charge in [0.2, 0.25) is 0 Å².